The van der Waals surface area contributed by atoms with Crippen molar-refractivity contribution in [1.29, 1.82) is 0 Å². The van der Waals surface area contributed by atoms with E-state index in [1.54, 1.807) is 6.20 Å². The fraction of sp³-hybridized carbons (Fsp3) is 0.350. The molecule has 3 saturated heterocycles. The molecule has 8 heteroatoms. The van der Waals surface area contributed by atoms with Crippen LogP contribution in [0.2, 0.25) is 0 Å². The number of carbonyl (C=O) groups excluding carboxylic acids is 1. The summed E-state index contributed by atoms with van der Waals surface area (Å²) >= 11 is 3.46. The molecule has 7 nitrogen and oxygen atoms in total. The molecule has 0 spiro atoms. The molecule has 144 valence electrons. The first-order valence-corrected chi connectivity index (χ1v) is 10.2. The number of piperidine rings is 2. The van der Waals surface area contributed by atoms with E-state index in [2.05, 4.69) is 31.2 Å². The van der Waals surface area contributed by atoms with Gasteiger partial charge in [0.15, 0.2) is 0 Å². The highest BCUT2D eigenvalue weighted by molar-refractivity contribution is 9.10. The maximum Gasteiger partial charge on any atom is 0.410 e. The van der Waals surface area contributed by atoms with Gasteiger partial charge in [0.2, 0.25) is 5.78 Å². The Morgan fingerprint density at radius 3 is 2.86 bits per heavy atom. The van der Waals surface area contributed by atoms with Gasteiger partial charge in [-0.1, -0.05) is 28.1 Å². The van der Waals surface area contributed by atoms with Crippen molar-refractivity contribution in [2.75, 3.05) is 13.1 Å². The molecule has 5 heterocycles. The molecule has 0 saturated carbocycles. The molecule has 3 aliphatic rings. The van der Waals surface area contributed by atoms with E-state index in [0.717, 1.165) is 47.4 Å². The lowest BCUT2D eigenvalue weighted by molar-refractivity contribution is 0.0402. The van der Waals surface area contributed by atoms with Crippen molar-refractivity contribution in [2.24, 2.45) is 0 Å². The summed E-state index contributed by atoms with van der Waals surface area (Å²) in [5.74, 6) is 0.590. The van der Waals surface area contributed by atoms with E-state index in [-0.39, 0.29) is 18.7 Å². The fourth-order valence-electron chi connectivity index (χ4n) is 4.06. The average molecular weight is 442 g/mol. The quantitative estimate of drug-likeness (QED) is 0.675. The fourth-order valence-corrected chi connectivity index (χ4v) is 4.32. The van der Waals surface area contributed by atoms with Gasteiger partial charge in [-0.15, -0.1) is 0 Å². The van der Waals surface area contributed by atoms with Crippen molar-refractivity contribution >= 4 is 27.8 Å². The first kappa shape index (κ1) is 17.6. The van der Waals surface area contributed by atoms with Gasteiger partial charge in [0.1, 0.15) is 6.61 Å². The third-order valence-corrected chi connectivity index (χ3v) is 6.06. The molecule has 3 aromatic rings. The first-order chi connectivity index (χ1) is 13.7. The zero-order chi connectivity index (χ0) is 19.1. The average Bonchev–Trinajstić information content (AvgIpc) is 3.12. The summed E-state index contributed by atoms with van der Waals surface area (Å²) in [4.78, 5) is 23.6. The minimum atomic E-state index is -0.253. The third-order valence-electron chi connectivity index (χ3n) is 5.54. The van der Waals surface area contributed by atoms with Gasteiger partial charge in [0.25, 0.3) is 0 Å². The van der Waals surface area contributed by atoms with Gasteiger partial charge >= 0.3 is 6.09 Å². The molecule has 6 rings (SSSR count). The molecule has 1 aromatic carbocycles. The van der Waals surface area contributed by atoms with Crippen LogP contribution in [0.15, 0.2) is 47.2 Å². The van der Waals surface area contributed by atoms with Gasteiger partial charge in [-0.25, -0.2) is 14.8 Å². The zero-order valence-electron chi connectivity index (χ0n) is 15.2. The van der Waals surface area contributed by atoms with E-state index in [4.69, 9.17) is 4.74 Å². The maximum atomic E-state index is 12.7. The van der Waals surface area contributed by atoms with Crippen LogP contribution in [0.4, 0.5) is 4.79 Å². The summed E-state index contributed by atoms with van der Waals surface area (Å²) < 4.78 is 8.62. The van der Waals surface area contributed by atoms with Crippen molar-refractivity contribution in [3.63, 3.8) is 0 Å². The first-order valence-electron chi connectivity index (χ1n) is 9.44. The van der Waals surface area contributed by atoms with E-state index in [1.807, 2.05) is 45.8 Å². The normalized spacial score (nSPS) is 21.2. The van der Waals surface area contributed by atoms with Crippen LogP contribution in [-0.4, -0.2) is 50.5 Å². The van der Waals surface area contributed by atoms with Gasteiger partial charge in [0, 0.05) is 47.6 Å². The molecule has 0 radical (unpaired) electrons. The van der Waals surface area contributed by atoms with Crippen LogP contribution in [0.5, 0.6) is 0 Å². The SMILES string of the molecule is O=C(OCc1c(-c2ccc(Br)cc2)nc2ncccn12)N1CC2CCC1CN2. The lowest BCUT2D eigenvalue weighted by Crippen LogP contribution is -2.62. The van der Waals surface area contributed by atoms with Gasteiger partial charge < -0.3 is 15.0 Å². The number of nitrogens with zero attached hydrogens (tertiary/aromatic N) is 4. The highest BCUT2D eigenvalue weighted by Crippen LogP contribution is 2.27. The van der Waals surface area contributed by atoms with Crippen LogP contribution in [0.25, 0.3) is 17.0 Å². The maximum absolute atomic E-state index is 12.7. The largest absolute Gasteiger partial charge is 0.443 e. The number of piperazine rings is 1. The molecule has 1 N–H and O–H groups in total. The van der Waals surface area contributed by atoms with Gasteiger partial charge in [-0.05, 0) is 31.0 Å². The lowest BCUT2D eigenvalue weighted by atomic mass is 9.94. The molecule has 3 aliphatic heterocycles. The van der Waals surface area contributed by atoms with Crippen LogP contribution in [0.3, 0.4) is 0 Å². The van der Waals surface area contributed by atoms with Crippen molar-refractivity contribution in [3.05, 3.63) is 52.9 Å². The number of imidazole rings is 1. The van der Waals surface area contributed by atoms with Crippen LogP contribution >= 0.6 is 15.9 Å². The Bertz CT molecular complexity index is 1010. The summed E-state index contributed by atoms with van der Waals surface area (Å²) in [7, 11) is 0. The molecule has 2 atom stereocenters. The van der Waals surface area contributed by atoms with E-state index < -0.39 is 0 Å². The van der Waals surface area contributed by atoms with Crippen molar-refractivity contribution < 1.29 is 9.53 Å². The molecule has 1 amide bonds. The number of aromatic nitrogens is 3. The smallest absolute Gasteiger partial charge is 0.410 e. The molecule has 3 fully saturated rings. The highest BCUT2D eigenvalue weighted by Gasteiger charge is 2.37. The molecule has 0 aliphatic carbocycles. The predicted molar refractivity (Wildman–Crippen MR) is 108 cm³/mol. The second-order valence-corrected chi connectivity index (χ2v) is 8.16. The Hall–Kier alpha value is -2.45. The Balaban J connectivity index is 1.42. The molecule has 2 bridgehead atoms. The lowest BCUT2D eigenvalue weighted by Gasteiger charge is -2.45. The van der Waals surface area contributed by atoms with Crippen molar-refractivity contribution in [2.45, 2.75) is 31.5 Å². The van der Waals surface area contributed by atoms with E-state index in [9.17, 15) is 4.79 Å². The monoisotopic (exact) mass is 441 g/mol. The minimum absolute atomic E-state index is 0.151. The number of fused-ring (bicyclic) bond motifs is 4. The second-order valence-electron chi connectivity index (χ2n) is 7.25. The Morgan fingerprint density at radius 2 is 2.14 bits per heavy atom. The zero-order valence-corrected chi connectivity index (χ0v) is 16.8. The predicted octanol–water partition coefficient (Wildman–Crippen LogP) is 3.23. The number of ether oxygens (including phenoxy) is 1. The molecular formula is C20H20BrN5O2. The summed E-state index contributed by atoms with van der Waals surface area (Å²) in [6, 6.07) is 10.4. The van der Waals surface area contributed by atoms with Crippen LogP contribution in [-0.2, 0) is 11.3 Å². The summed E-state index contributed by atoms with van der Waals surface area (Å²) in [6.45, 7) is 1.72. The summed E-state index contributed by atoms with van der Waals surface area (Å²) in [5.41, 5.74) is 2.56. The second kappa shape index (κ2) is 7.18. The van der Waals surface area contributed by atoms with Crippen LogP contribution in [0.1, 0.15) is 18.5 Å². The number of rotatable bonds is 3. The highest BCUT2D eigenvalue weighted by atomic mass is 79.9. The van der Waals surface area contributed by atoms with Crippen molar-refractivity contribution in [1.82, 2.24) is 24.6 Å². The Kier molecular flexibility index (Phi) is 4.52. The van der Waals surface area contributed by atoms with Crippen LogP contribution in [0, 0.1) is 0 Å². The Morgan fingerprint density at radius 1 is 1.29 bits per heavy atom. The number of nitrogens with one attached hydrogen (secondary N) is 1. The van der Waals surface area contributed by atoms with Crippen molar-refractivity contribution in [3.8, 4) is 11.3 Å². The number of hydrogen-bond donors (Lipinski definition) is 1. The van der Waals surface area contributed by atoms with E-state index in [0.29, 0.717) is 11.8 Å². The standard InChI is InChI=1S/C20H20BrN5O2/c21-14-4-2-13(3-5-14)18-17(25-9-1-8-22-19(25)24-18)12-28-20(27)26-11-15-6-7-16(26)10-23-15/h1-5,8-9,15-16,23H,6-7,10-12H2. The topological polar surface area (TPSA) is 71.8 Å². The summed E-state index contributed by atoms with van der Waals surface area (Å²) in [6.07, 6.45) is 5.52. The number of hydrogen-bond acceptors (Lipinski definition) is 5. The molecular weight excluding hydrogens is 422 g/mol. The van der Waals surface area contributed by atoms with E-state index >= 15 is 0 Å². The van der Waals surface area contributed by atoms with E-state index in [1.165, 1.54) is 0 Å². The minimum Gasteiger partial charge on any atom is -0.443 e. The number of carbonyl (C=O) groups is 1. The van der Waals surface area contributed by atoms with Crippen LogP contribution < -0.4 is 5.32 Å². The molecule has 2 unspecified atom stereocenters. The number of halogens is 1. The summed E-state index contributed by atoms with van der Waals surface area (Å²) in [5, 5.41) is 3.46. The van der Waals surface area contributed by atoms with Gasteiger partial charge in [-0.2, -0.15) is 0 Å². The number of amides is 1. The van der Waals surface area contributed by atoms with Gasteiger partial charge in [0.05, 0.1) is 11.4 Å². The molecule has 28 heavy (non-hydrogen) atoms. The molecule has 2 aromatic heterocycles. The Labute approximate surface area is 170 Å². The third kappa shape index (κ3) is 3.16. The number of benzene rings is 1. The van der Waals surface area contributed by atoms with Gasteiger partial charge in [-0.3, -0.25) is 4.40 Å².